The molecule has 0 amide bonds. The van der Waals surface area contributed by atoms with Gasteiger partial charge in [0.1, 0.15) is 0 Å². The minimum atomic E-state index is -0.226. The number of carbonyl (C=O) groups is 1. The fraction of sp³-hybridized carbons (Fsp3) is 0.250. The standard InChI is InChI=1S/C20H21NO2/c1-15(20(22)23-2)18-13-21(14-18)19(16-9-5-3-6-10-16)17-11-7-4-8-12-17/h3-12,19H,13-14H2,1-2H3. The van der Waals surface area contributed by atoms with E-state index in [1.165, 1.54) is 18.2 Å². The van der Waals surface area contributed by atoms with Gasteiger partial charge < -0.3 is 4.74 Å². The number of rotatable bonds is 4. The van der Waals surface area contributed by atoms with Gasteiger partial charge in [-0.15, -0.1) is 0 Å². The molecule has 1 saturated heterocycles. The number of likely N-dealkylation sites (tertiary alicyclic amines) is 1. The maximum atomic E-state index is 11.7. The van der Waals surface area contributed by atoms with Crippen LogP contribution in [-0.4, -0.2) is 31.1 Å². The van der Waals surface area contributed by atoms with E-state index in [1.54, 1.807) is 0 Å². The van der Waals surface area contributed by atoms with Crippen LogP contribution in [0.25, 0.3) is 0 Å². The van der Waals surface area contributed by atoms with E-state index in [1.807, 2.05) is 19.1 Å². The van der Waals surface area contributed by atoms with Crippen LogP contribution >= 0.6 is 0 Å². The van der Waals surface area contributed by atoms with Crippen LogP contribution in [0.15, 0.2) is 71.8 Å². The van der Waals surface area contributed by atoms with Crippen molar-refractivity contribution >= 4 is 5.97 Å². The molecule has 0 aliphatic carbocycles. The van der Waals surface area contributed by atoms with Gasteiger partial charge >= 0.3 is 5.97 Å². The highest BCUT2D eigenvalue weighted by molar-refractivity contribution is 5.89. The Hall–Kier alpha value is -2.39. The topological polar surface area (TPSA) is 29.5 Å². The zero-order valence-corrected chi connectivity index (χ0v) is 13.5. The smallest absolute Gasteiger partial charge is 0.333 e. The van der Waals surface area contributed by atoms with E-state index in [0.29, 0.717) is 0 Å². The summed E-state index contributed by atoms with van der Waals surface area (Å²) in [6.45, 7) is 3.45. The molecule has 1 heterocycles. The van der Waals surface area contributed by atoms with E-state index in [4.69, 9.17) is 4.74 Å². The summed E-state index contributed by atoms with van der Waals surface area (Å²) in [5, 5.41) is 0. The number of ether oxygens (including phenoxy) is 1. The summed E-state index contributed by atoms with van der Waals surface area (Å²) in [4.78, 5) is 14.0. The molecule has 2 aromatic rings. The Kier molecular flexibility index (Phi) is 4.58. The van der Waals surface area contributed by atoms with Gasteiger partial charge in [0.05, 0.1) is 13.2 Å². The van der Waals surface area contributed by atoms with E-state index in [-0.39, 0.29) is 12.0 Å². The average Bonchev–Trinajstić information content (AvgIpc) is 2.58. The van der Waals surface area contributed by atoms with Gasteiger partial charge in [0.25, 0.3) is 0 Å². The summed E-state index contributed by atoms with van der Waals surface area (Å²) in [5.41, 5.74) is 4.44. The molecule has 2 aromatic carbocycles. The van der Waals surface area contributed by atoms with Crippen LogP contribution in [0.3, 0.4) is 0 Å². The second-order valence-electron chi connectivity index (χ2n) is 5.85. The van der Waals surface area contributed by atoms with Crippen molar-refractivity contribution in [3.05, 3.63) is 82.9 Å². The number of esters is 1. The molecule has 118 valence electrons. The SMILES string of the molecule is COC(=O)C(C)=C1CN(C(c2ccccc2)c2ccccc2)C1. The van der Waals surface area contributed by atoms with Gasteiger partial charge in [-0.1, -0.05) is 60.7 Å². The number of benzene rings is 2. The van der Waals surface area contributed by atoms with Crippen molar-refractivity contribution in [1.29, 1.82) is 0 Å². The molecular weight excluding hydrogens is 286 g/mol. The van der Waals surface area contributed by atoms with Gasteiger partial charge in [-0.2, -0.15) is 0 Å². The molecule has 3 nitrogen and oxygen atoms in total. The highest BCUT2D eigenvalue weighted by Crippen LogP contribution is 2.34. The number of hydrogen-bond acceptors (Lipinski definition) is 3. The minimum Gasteiger partial charge on any atom is -0.466 e. The number of hydrogen-bond donors (Lipinski definition) is 0. The highest BCUT2D eigenvalue weighted by atomic mass is 16.5. The van der Waals surface area contributed by atoms with Crippen LogP contribution < -0.4 is 0 Å². The number of methoxy groups -OCH3 is 1. The maximum Gasteiger partial charge on any atom is 0.333 e. The summed E-state index contributed by atoms with van der Waals surface area (Å²) in [6.07, 6.45) is 0. The summed E-state index contributed by atoms with van der Waals surface area (Å²) in [6, 6.07) is 21.2. The van der Waals surface area contributed by atoms with Crippen molar-refractivity contribution in [2.75, 3.05) is 20.2 Å². The summed E-state index contributed by atoms with van der Waals surface area (Å²) in [7, 11) is 1.43. The summed E-state index contributed by atoms with van der Waals surface area (Å²) < 4.78 is 4.82. The molecule has 0 bridgehead atoms. The van der Waals surface area contributed by atoms with Crippen molar-refractivity contribution in [2.24, 2.45) is 0 Å². The zero-order chi connectivity index (χ0) is 16.2. The Balaban J connectivity index is 1.86. The molecular formula is C20H21NO2. The third kappa shape index (κ3) is 3.20. The van der Waals surface area contributed by atoms with Crippen molar-refractivity contribution in [3.8, 4) is 0 Å². The minimum absolute atomic E-state index is 0.214. The van der Waals surface area contributed by atoms with E-state index in [0.717, 1.165) is 24.2 Å². The van der Waals surface area contributed by atoms with Crippen molar-refractivity contribution in [3.63, 3.8) is 0 Å². The first-order valence-electron chi connectivity index (χ1n) is 7.81. The molecule has 23 heavy (non-hydrogen) atoms. The van der Waals surface area contributed by atoms with Gasteiger partial charge in [0, 0.05) is 18.7 Å². The van der Waals surface area contributed by atoms with Gasteiger partial charge in [-0.05, 0) is 23.6 Å². The van der Waals surface area contributed by atoms with E-state index in [9.17, 15) is 4.79 Å². The largest absolute Gasteiger partial charge is 0.466 e. The fourth-order valence-electron chi connectivity index (χ4n) is 3.05. The first-order chi connectivity index (χ1) is 11.2. The quantitative estimate of drug-likeness (QED) is 0.639. The molecule has 0 unspecified atom stereocenters. The van der Waals surface area contributed by atoms with Gasteiger partial charge in [-0.3, -0.25) is 4.90 Å². The average molecular weight is 307 g/mol. The molecule has 0 aromatic heterocycles. The molecule has 0 N–H and O–H groups in total. The molecule has 0 saturated carbocycles. The van der Waals surface area contributed by atoms with Crippen LogP contribution in [0.1, 0.15) is 24.1 Å². The fourth-order valence-corrected chi connectivity index (χ4v) is 3.05. The van der Waals surface area contributed by atoms with Crippen LogP contribution in [-0.2, 0) is 9.53 Å². The van der Waals surface area contributed by atoms with Crippen molar-refractivity contribution in [2.45, 2.75) is 13.0 Å². The predicted octanol–water partition coefficient (Wildman–Crippen LogP) is 3.58. The molecule has 1 aliphatic heterocycles. The lowest BCUT2D eigenvalue weighted by molar-refractivity contribution is -0.136. The Bertz CT molecular complexity index is 659. The van der Waals surface area contributed by atoms with Crippen molar-refractivity contribution < 1.29 is 9.53 Å². The Labute approximate surface area is 137 Å². The molecule has 0 spiro atoms. The first kappa shape index (κ1) is 15.5. The molecule has 0 atom stereocenters. The van der Waals surface area contributed by atoms with Crippen LogP contribution in [0.5, 0.6) is 0 Å². The third-order valence-electron chi connectivity index (χ3n) is 4.41. The molecule has 3 heteroatoms. The highest BCUT2D eigenvalue weighted by Gasteiger charge is 2.32. The van der Waals surface area contributed by atoms with Gasteiger partial charge in [-0.25, -0.2) is 4.79 Å². The summed E-state index contributed by atoms with van der Waals surface area (Å²) >= 11 is 0. The maximum absolute atomic E-state index is 11.7. The Morgan fingerprint density at radius 3 is 1.87 bits per heavy atom. The second-order valence-corrected chi connectivity index (χ2v) is 5.85. The lowest BCUT2D eigenvalue weighted by Gasteiger charge is -2.41. The van der Waals surface area contributed by atoms with Crippen LogP contribution in [0.4, 0.5) is 0 Å². The molecule has 1 fully saturated rings. The second kappa shape index (κ2) is 6.80. The normalized spacial score (nSPS) is 14.5. The number of nitrogens with zero attached hydrogens (tertiary/aromatic N) is 1. The summed E-state index contributed by atoms with van der Waals surface area (Å²) in [5.74, 6) is -0.226. The van der Waals surface area contributed by atoms with Crippen LogP contribution in [0.2, 0.25) is 0 Å². The predicted molar refractivity (Wildman–Crippen MR) is 91.0 cm³/mol. The lowest BCUT2D eigenvalue weighted by atomic mass is 9.91. The van der Waals surface area contributed by atoms with Crippen molar-refractivity contribution in [1.82, 2.24) is 4.90 Å². The Morgan fingerprint density at radius 2 is 1.43 bits per heavy atom. The lowest BCUT2D eigenvalue weighted by Crippen LogP contribution is -2.44. The van der Waals surface area contributed by atoms with Gasteiger partial charge in [0.2, 0.25) is 0 Å². The van der Waals surface area contributed by atoms with E-state index in [2.05, 4.69) is 53.4 Å². The Morgan fingerprint density at radius 1 is 0.957 bits per heavy atom. The van der Waals surface area contributed by atoms with E-state index >= 15 is 0 Å². The van der Waals surface area contributed by atoms with E-state index < -0.39 is 0 Å². The molecule has 0 radical (unpaired) electrons. The zero-order valence-electron chi connectivity index (χ0n) is 13.5. The van der Waals surface area contributed by atoms with Gasteiger partial charge in [0.15, 0.2) is 0 Å². The van der Waals surface area contributed by atoms with Crippen LogP contribution in [0, 0.1) is 0 Å². The monoisotopic (exact) mass is 307 g/mol. The first-order valence-corrected chi connectivity index (χ1v) is 7.81. The third-order valence-corrected chi connectivity index (χ3v) is 4.41. The number of carbonyl (C=O) groups excluding carboxylic acids is 1. The molecule has 3 rings (SSSR count). The molecule has 1 aliphatic rings.